The number of benzene rings is 1. The van der Waals surface area contributed by atoms with Crippen molar-refractivity contribution in [2.24, 2.45) is 0 Å². The lowest BCUT2D eigenvalue weighted by molar-refractivity contribution is -0.137. The number of rotatable bonds is 4. The van der Waals surface area contributed by atoms with Crippen LogP contribution in [0.3, 0.4) is 0 Å². The van der Waals surface area contributed by atoms with Gasteiger partial charge in [-0.15, -0.1) is 11.3 Å². The van der Waals surface area contributed by atoms with Crippen LogP contribution >= 0.6 is 11.3 Å². The van der Waals surface area contributed by atoms with Gasteiger partial charge in [-0.3, -0.25) is 4.79 Å². The second-order valence-corrected chi connectivity index (χ2v) is 6.61. The molecule has 2 heterocycles. The quantitative estimate of drug-likeness (QED) is 0.747. The fraction of sp³-hybridized carbons (Fsp3) is 0.235. The maximum atomic E-state index is 12.9. The SMILES string of the molecule is Cc1csc(CNC(=O)c2cnn(-c3cccc(C(F)(F)F)c3)c2C)n1. The summed E-state index contributed by atoms with van der Waals surface area (Å²) < 4.78 is 40.0. The van der Waals surface area contributed by atoms with E-state index in [0.717, 1.165) is 22.8 Å². The van der Waals surface area contributed by atoms with Crippen LogP contribution < -0.4 is 5.32 Å². The number of halogens is 3. The Kier molecular flexibility index (Phi) is 4.82. The van der Waals surface area contributed by atoms with Crippen molar-refractivity contribution in [2.75, 3.05) is 0 Å². The number of hydrogen-bond donors (Lipinski definition) is 1. The second-order valence-electron chi connectivity index (χ2n) is 5.67. The lowest BCUT2D eigenvalue weighted by Crippen LogP contribution is -2.23. The molecule has 0 unspecified atom stereocenters. The molecule has 0 aliphatic carbocycles. The molecule has 0 saturated carbocycles. The minimum Gasteiger partial charge on any atom is -0.345 e. The average molecular weight is 380 g/mol. The van der Waals surface area contributed by atoms with Gasteiger partial charge in [-0.05, 0) is 32.0 Å². The lowest BCUT2D eigenvalue weighted by Gasteiger charge is -2.10. The van der Waals surface area contributed by atoms with Crippen LogP contribution in [0.1, 0.15) is 32.3 Å². The Hall–Kier alpha value is -2.68. The van der Waals surface area contributed by atoms with Crippen molar-refractivity contribution >= 4 is 17.2 Å². The molecule has 0 spiro atoms. The van der Waals surface area contributed by atoms with Gasteiger partial charge in [0.15, 0.2) is 0 Å². The molecule has 0 fully saturated rings. The number of nitrogens with one attached hydrogen (secondary N) is 1. The van der Waals surface area contributed by atoms with Gasteiger partial charge in [0, 0.05) is 11.1 Å². The van der Waals surface area contributed by atoms with Crippen molar-refractivity contribution in [1.29, 1.82) is 0 Å². The van der Waals surface area contributed by atoms with Gasteiger partial charge in [-0.25, -0.2) is 9.67 Å². The summed E-state index contributed by atoms with van der Waals surface area (Å²) >= 11 is 1.44. The van der Waals surface area contributed by atoms with E-state index in [9.17, 15) is 18.0 Å². The number of carbonyl (C=O) groups excluding carboxylic acids is 1. The minimum absolute atomic E-state index is 0.243. The number of nitrogens with zero attached hydrogens (tertiary/aromatic N) is 3. The van der Waals surface area contributed by atoms with Crippen LogP contribution in [0, 0.1) is 13.8 Å². The maximum absolute atomic E-state index is 12.9. The molecule has 2 aromatic heterocycles. The van der Waals surface area contributed by atoms with E-state index in [-0.39, 0.29) is 18.1 Å². The average Bonchev–Trinajstić information content (AvgIpc) is 3.18. The summed E-state index contributed by atoms with van der Waals surface area (Å²) in [6.45, 7) is 3.78. The molecule has 9 heteroatoms. The second kappa shape index (κ2) is 6.91. The first kappa shape index (κ1) is 18.1. The van der Waals surface area contributed by atoms with Crippen LogP contribution in [0.5, 0.6) is 0 Å². The van der Waals surface area contributed by atoms with Gasteiger partial charge in [0.25, 0.3) is 5.91 Å². The largest absolute Gasteiger partial charge is 0.416 e. The molecule has 136 valence electrons. The maximum Gasteiger partial charge on any atom is 0.416 e. The van der Waals surface area contributed by atoms with Crippen molar-refractivity contribution in [2.45, 2.75) is 26.6 Å². The molecule has 1 amide bonds. The van der Waals surface area contributed by atoms with Crippen LogP contribution in [-0.4, -0.2) is 20.7 Å². The zero-order valence-corrected chi connectivity index (χ0v) is 14.8. The first-order chi connectivity index (χ1) is 12.3. The third-order valence-corrected chi connectivity index (χ3v) is 4.71. The van der Waals surface area contributed by atoms with Gasteiger partial charge in [-0.2, -0.15) is 18.3 Å². The van der Waals surface area contributed by atoms with Gasteiger partial charge in [0.2, 0.25) is 0 Å². The Morgan fingerprint density at radius 2 is 2.08 bits per heavy atom. The third-order valence-electron chi connectivity index (χ3n) is 3.74. The Morgan fingerprint density at radius 3 is 2.73 bits per heavy atom. The zero-order valence-electron chi connectivity index (χ0n) is 14.0. The van der Waals surface area contributed by atoms with E-state index >= 15 is 0 Å². The highest BCUT2D eigenvalue weighted by atomic mass is 32.1. The summed E-state index contributed by atoms with van der Waals surface area (Å²) in [5.41, 5.74) is 1.11. The van der Waals surface area contributed by atoms with Crippen LogP contribution in [-0.2, 0) is 12.7 Å². The summed E-state index contributed by atoms with van der Waals surface area (Å²) in [5, 5.41) is 9.47. The Bertz CT molecular complexity index is 946. The van der Waals surface area contributed by atoms with Crippen molar-refractivity contribution in [3.8, 4) is 5.69 Å². The van der Waals surface area contributed by atoms with E-state index in [1.54, 1.807) is 6.92 Å². The summed E-state index contributed by atoms with van der Waals surface area (Å²) in [6, 6.07) is 4.81. The topological polar surface area (TPSA) is 59.8 Å². The van der Waals surface area contributed by atoms with Crippen molar-refractivity contribution in [3.63, 3.8) is 0 Å². The van der Waals surface area contributed by atoms with Crippen LogP contribution in [0.2, 0.25) is 0 Å². The van der Waals surface area contributed by atoms with E-state index in [1.807, 2.05) is 12.3 Å². The lowest BCUT2D eigenvalue weighted by atomic mass is 10.2. The molecule has 3 aromatic rings. The van der Waals surface area contributed by atoms with Crippen LogP contribution in [0.25, 0.3) is 5.69 Å². The molecule has 26 heavy (non-hydrogen) atoms. The summed E-state index contributed by atoms with van der Waals surface area (Å²) in [5.74, 6) is -0.353. The Morgan fingerprint density at radius 1 is 1.31 bits per heavy atom. The minimum atomic E-state index is -4.44. The zero-order chi connectivity index (χ0) is 18.9. The van der Waals surface area contributed by atoms with E-state index in [0.29, 0.717) is 11.3 Å². The molecule has 0 saturated heterocycles. The smallest absolute Gasteiger partial charge is 0.345 e. The molecule has 0 aliphatic heterocycles. The Labute approximate surface area is 151 Å². The highest BCUT2D eigenvalue weighted by molar-refractivity contribution is 7.09. The first-order valence-electron chi connectivity index (χ1n) is 7.67. The Balaban J connectivity index is 1.80. The van der Waals surface area contributed by atoms with Gasteiger partial charge in [0.05, 0.1) is 35.2 Å². The third kappa shape index (κ3) is 3.77. The van der Waals surface area contributed by atoms with Gasteiger partial charge >= 0.3 is 6.18 Å². The molecular weight excluding hydrogens is 365 g/mol. The van der Waals surface area contributed by atoms with E-state index in [4.69, 9.17) is 0 Å². The summed E-state index contributed by atoms with van der Waals surface area (Å²) in [7, 11) is 0. The van der Waals surface area contributed by atoms with Crippen molar-refractivity contribution < 1.29 is 18.0 Å². The number of aryl methyl sites for hydroxylation is 1. The predicted octanol–water partition coefficient (Wildman–Crippen LogP) is 3.89. The van der Waals surface area contributed by atoms with E-state index in [1.165, 1.54) is 34.3 Å². The summed E-state index contributed by atoms with van der Waals surface area (Å²) in [6.07, 6.45) is -3.10. The number of alkyl halides is 3. The standard InChI is InChI=1S/C17H15F3N4OS/c1-10-9-26-15(23-10)8-21-16(25)14-7-22-24(11(14)2)13-5-3-4-12(6-13)17(18,19)20/h3-7,9H,8H2,1-2H3,(H,21,25). The van der Waals surface area contributed by atoms with Crippen LogP contribution in [0.15, 0.2) is 35.8 Å². The first-order valence-corrected chi connectivity index (χ1v) is 8.55. The number of aromatic nitrogens is 3. The number of thiazole rings is 1. The van der Waals surface area contributed by atoms with Gasteiger partial charge in [-0.1, -0.05) is 6.07 Å². The monoisotopic (exact) mass is 380 g/mol. The molecule has 0 aliphatic rings. The van der Waals surface area contributed by atoms with Gasteiger partial charge in [0.1, 0.15) is 5.01 Å². The molecule has 1 aromatic carbocycles. The highest BCUT2D eigenvalue weighted by Gasteiger charge is 2.30. The molecule has 0 bridgehead atoms. The molecular formula is C17H15F3N4OS. The van der Waals surface area contributed by atoms with Crippen molar-refractivity contribution in [3.05, 3.63) is 63.4 Å². The molecule has 1 N–H and O–H groups in total. The fourth-order valence-electron chi connectivity index (χ4n) is 2.44. The molecule has 3 rings (SSSR count). The van der Waals surface area contributed by atoms with Crippen LogP contribution in [0.4, 0.5) is 13.2 Å². The van der Waals surface area contributed by atoms with Crippen molar-refractivity contribution in [1.82, 2.24) is 20.1 Å². The summed E-state index contributed by atoms with van der Waals surface area (Å²) in [4.78, 5) is 16.6. The number of carbonyl (C=O) groups is 1. The normalized spacial score (nSPS) is 11.6. The fourth-order valence-corrected chi connectivity index (χ4v) is 3.15. The van der Waals surface area contributed by atoms with E-state index in [2.05, 4.69) is 15.4 Å². The molecule has 0 radical (unpaired) electrons. The predicted molar refractivity (Wildman–Crippen MR) is 91.3 cm³/mol. The number of hydrogen-bond acceptors (Lipinski definition) is 4. The van der Waals surface area contributed by atoms with E-state index < -0.39 is 11.7 Å². The molecule has 5 nitrogen and oxygen atoms in total. The van der Waals surface area contributed by atoms with Gasteiger partial charge < -0.3 is 5.32 Å². The highest BCUT2D eigenvalue weighted by Crippen LogP contribution is 2.30. The molecule has 0 atom stereocenters. The number of amides is 1.